The molecule has 1 heterocycles. The molecule has 0 saturated carbocycles. The highest BCUT2D eigenvalue weighted by molar-refractivity contribution is 5.75. The molecular weight excluding hydrogens is 357 g/mol. The van der Waals surface area contributed by atoms with Crippen LogP contribution < -0.4 is 15.0 Å². The molecule has 5 nitrogen and oxygen atoms in total. The summed E-state index contributed by atoms with van der Waals surface area (Å²) in [5.74, 6) is 0.633. The van der Waals surface area contributed by atoms with Crippen molar-refractivity contribution < 1.29 is 13.9 Å². The third-order valence-electron chi connectivity index (χ3n) is 5.56. The average Bonchev–Trinajstić information content (AvgIpc) is 3.10. The number of ether oxygens (including phenoxy) is 1. The zero-order chi connectivity index (χ0) is 19.5. The van der Waals surface area contributed by atoms with Gasteiger partial charge in [-0.05, 0) is 55.2 Å². The summed E-state index contributed by atoms with van der Waals surface area (Å²) in [5.41, 5.74) is 3.12. The number of nitrogens with zero attached hydrogens (tertiary/aromatic N) is 2. The van der Waals surface area contributed by atoms with Gasteiger partial charge in [0.15, 0.2) is 0 Å². The highest BCUT2D eigenvalue weighted by Gasteiger charge is 2.28. The van der Waals surface area contributed by atoms with Crippen molar-refractivity contribution in [3.05, 3.63) is 59.4 Å². The van der Waals surface area contributed by atoms with Crippen LogP contribution in [0.15, 0.2) is 42.5 Å². The molecule has 1 fully saturated rings. The molecule has 1 aliphatic carbocycles. The van der Waals surface area contributed by atoms with Gasteiger partial charge in [-0.1, -0.05) is 18.2 Å². The molecule has 1 saturated heterocycles. The third-order valence-corrected chi connectivity index (χ3v) is 5.56. The molecule has 1 N–H and O–H groups in total. The lowest BCUT2D eigenvalue weighted by atomic mass is 10.1. The topological polar surface area (TPSA) is 44.8 Å². The monoisotopic (exact) mass is 383 g/mol. The second-order valence-corrected chi connectivity index (χ2v) is 7.26. The summed E-state index contributed by atoms with van der Waals surface area (Å²) in [6, 6.07) is 12.7. The number of anilines is 1. The zero-order valence-electron chi connectivity index (χ0n) is 16.2. The van der Waals surface area contributed by atoms with Crippen LogP contribution in [0.5, 0.6) is 5.75 Å². The van der Waals surface area contributed by atoms with E-state index in [0.717, 1.165) is 48.5 Å². The minimum Gasteiger partial charge on any atom is -0.492 e. The number of nitrogens with one attached hydrogen (secondary N) is 1. The summed E-state index contributed by atoms with van der Waals surface area (Å²) in [6.45, 7) is 5.42. The Hall–Kier alpha value is -2.76. The first-order chi connectivity index (χ1) is 13.7. The number of amides is 2. The second-order valence-electron chi connectivity index (χ2n) is 7.26. The third kappa shape index (κ3) is 3.77. The number of benzene rings is 2. The Morgan fingerprint density at radius 2 is 1.96 bits per heavy atom. The van der Waals surface area contributed by atoms with Crippen molar-refractivity contribution in [2.24, 2.45) is 0 Å². The molecule has 1 aliphatic heterocycles. The smallest absolute Gasteiger partial charge is 0.318 e. The molecule has 0 aromatic heterocycles. The maximum atomic E-state index is 13.6. The van der Waals surface area contributed by atoms with E-state index in [1.54, 1.807) is 6.07 Å². The maximum absolute atomic E-state index is 13.6. The van der Waals surface area contributed by atoms with Crippen LogP contribution in [-0.4, -0.2) is 43.7 Å². The van der Waals surface area contributed by atoms with Crippen LogP contribution in [-0.2, 0) is 6.42 Å². The lowest BCUT2D eigenvalue weighted by Gasteiger charge is -2.37. The Labute approximate surface area is 165 Å². The molecule has 2 amide bonds. The second kappa shape index (κ2) is 8.09. The van der Waals surface area contributed by atoms with Crippen LogP contribution >= 0.6 is 0 Å². The molecule has 0 spiro atoms. The van der Waals surface area contributed by atoms with Gasteiger partial charge in [0.25, 0.3) is 0 Å². The number of halogens is 1. The minimum atomic E-state index is -0.249. The largest absolute Gasteiger partial charge is 0.492 e. The summed E-state index contributed by atoms with van der Waals surface area (Å²) >= 11 is 0. The van der Waals surface area contributed by atoms with E-state index in [-0.39, 0.29) is 17.9 Å². The van der Waals surface area contributed by atoms with Crippen molar-refractivity contribution in [1.29, 1.82) is 0 Å². The fourth-order valence-electron chi connectivity index (χ4n) is 4.11. The number of para-hydroxylation sites is 2. The molecule has 0 radical (unpaired) electrons. The first-order valence-electron chi connectivity index (χ1n) is 9.96. The van der Waals surface area contributed by atoms with E-state index in [1.165, 1.54) is 6.07 Å². The molecule has 2 aromatic rings. The van der Waals surface area contributed by atoms with Gasteiger partial charge in [0, 0.05) is 26.2 Å². The molecule has 28 heavy (non-hydrogen) atoms. The zero-order valence-corrected chi connectivity index (χ0v) is 16.2. The number of carbonyl (C=O) groups is 1. The molecule has 1 atom stereocenters. The van der Waals surface area contributed by atoms with Crippen molar-refractivity contribution >= 4 is 11.7 Å². The molecular formula is C22H26FN3O2. The molecule has 1 unspecified atom stereocenters. The molecule has 4 rings (SSSR count). The molecule has 6 heteroatoms. The standard InChI is InChI=1S/C22H26FN3O2/c1-2-28-21-6-4-3-5-20(21)25-11-13-26(14-12-25)22(27)24-19-10-8-16-7-9-17(23)15-18(16)19/h3-7,9,15,19H,2,8,10-14H2,1H3,(H,24,27). The van der Waals surface area contributed by atoms with Gasteiger partial charge in [-0.2, -0.15) is 0 Å². The van der Waals surface area contributed by atoms with Crippen molar-refractivity contribution in [3.63, 3.8) is 0 Å². The summed E-state index contributed by atoms with van der Waals surface area (Å²) in [6.07, 6.45) is 1.70. The first kappa shape index (κ1) is 18.6. The predicted octanol–water partition coefficient (Wildman–Crippen LogP) is 3.74. The summed E-state index contributed by atoms with van der Waals surface area (Å²) in [5, 5.41) is 3.10. The van der Waals surface area contributed by atoms with Gasteiger partial charge in [-0.25, -0.2) is 9.18 Å². The molecule has 2 aromatic carbocycles. The Kier molecular flexibility index (Phi) is 5.37. The predicted molar refractivity (Wildman–Crippen MR) is 107 cm³/mol. The Morgan fingerprint density at radius 1 is 1.18 bits per heavy atom. The number of urea groups is 1. The highest BCUT2D eigenvalue weighted by atomic mass is 19.1. The van der Waals surface area contributed by atoms with Crippen molar-refractivity contribution in [3.8, 4) is 5.75 Å². The van der Waals surface area contributed by atoms with E-state index in [0.29, 0.717) is 19.7 Å². The molecule has 2 aliphatic rings. The van der Waals surface area contributed by atoms with E-state index in [1.807, 2.05) is 36.1 Å². The SMILES string of the molecule is CCOc1ccccc1N1CCN(C(=O)NC2CCc3ccc(F)cc32)CC1. The van der Waals surface area contributed by atoms with E-state index in [2.05, 4.69) is 16.3 Å². The van der Waals surface area contributed by atoms with E-state index in [9.17, 15) is 9.18 Å². The Bertz CT molecular complexity index is 849. The van der Waals surface area contributed by atoms with Crippen LogP contribution in [0.1, 0.15) is 30.5 Å². The van der Waals surface area contributed by atoms with E-state index in [4.69, 9.17) is 4.74 Å². The maximum Gasteiger partial charge on any atom is 0.318 e. The van der Waals surface area contributed by atoms with Crippen molar-refractivity contribution in [2.45, 2.75) is 25.8 Å². The fourth-order valence-corrected chi connectivity index (χ4v) is 4.11. The van der Waals surface area contributed by atoms with Gasteiger partial charge in [0.05, 0.1) is 18.3 Å². The van der Waals surface area contributed by atoms with Gasteiger partial charge in [-0.3, -0.25) is 0 Å². The molecule has 0 bridgehead atoms. The average molecular weight is 383 g/mol. The quantitative estimate of drug-likeness (QED) is 0.875. The van der Waals surface area contributed by atoms with E-state index < -0.39 is 0 Å². The number of hydrogen-bond donors (Lipinski definition) is 1. The van der Waals surface area contributed by atoms with Gasteiger partial charge in [0.1, 0.15) is 11.6 Å². The highest BCUT2D eigenvalue weighted by Crippen LogP contribution is 2.32. The van der Waals surface area contributed by atoms with Crippen LogP contribution in [0.3, 0.4) is 0 Å². The fraction of sp³-hybridized carbons (Fsp3) is 0.409. The van der Waals surface area contributed by atoms with Crippen LogP contribution in [0.4, 0.5) is 14.9 Å². The van der Waals surface area contributed by atoms with Gasteiger partial charge in [-0.15, -0.1) is 0 Å². The summed E-state index contributed by atoms with van der Waals surface area (Å²) < 4.78 is 19.3. The number of carbonyl (C=O) groups excluding carboxylic acids is 1. The van der Waals surface area contributed by atoms with Crippen LogP contribution in [0.2, 0.25) is 0 Å². The minimum absolute atomic E-state index is 0.0696. The summed E-state index contributed by atoms with van der Waals surface area (Å²) in [4.78, 5) is 16.8. The van der Waals surface area contributed by atoms with Crippen LogP contribution in [0.25, 0.3) is 0 Å². The number of piperazine rings is 1. The van der Waals surface area contributed by atoms with Gasteiger partial charge in [0.2, 0.25) is 0 Å². The Balaban J connectivity index is 1.36. The van der Waals surface area contributed by atoms with Gasteiger partial charge >= 0.3 is 6.03 Å². The van der Waals surface area contributed by atoms with Crippen molar-refractivity contribution in [2.75, 3.05) is 37.7 Å². The van der Waals surface area contributed by atoms with E-state index >= 15 is 0 Å². The lowest BCUT2D eigenvalue weighted by Crippen LogP contribution is -2.52. The number of fused-ring (bicyclic) bond motifs is 1. The van der Waals surface area contributed by atoms with Crippen molar-refractivity contribution in [1.82, 2.24) is 10.2 Å². The summed E-state index contributed by atoms with van der Waals surface area (Å²) in [7, 11) is 0. The lowest BCUT2D eigenvalue weighted by molar-refractivity contribution is 0.190. The van der Waals surface area contributed by atoms with Gasteiger partial charge < -0.3 is 19.9 Å². The number of aryl methyl sites for hydroxylation is 1. The van der Waals surface area contributed by atoms with Crippen LogP contribution in [0, 0.1) is 5.82 Å². The number of hydrogen-bond acceptors (Lipinski definition) is 3. The Morgan fingerprint density at radius 3 is 2.75 bits per heavy atom. The number of rotatable bonds is 4. The normalized spacial score (nSPS) is 18.7. The first-order valence-corrected chi connectivity index (χ1v) is 9.96. The molecule has 148 valence electrons.